The summed E-state index contributed by atoms with van der Waals surface area (Å²) in [4.78, 5) is 26.0. The van der Waals surface area contributed by atoms with Gasteiger partial charge >= 0.3 is 5.69 Å². The van der Waals surface area contributed by atoms with Gasteiger partial charge in [0.1, 0.15) is 23.8 Å². The summed E-state index contributed by atoms with van der Waals surface area (Å²) in [6, 6.07) is 6.23. The third-order valence-corrected chi connectivity index (χ3v) is 4.85. The summed E-state index contributed by atoms with van der Waals surface area (Å²) in [6.45, 7) is 1.35. The third kappa shape index (κ3) is 3.23. The molecule has 3 atom stereocenters. The summed E-state index contributed by atoms with van der Waals surface area (Å²) < 4.78 is 8.76. The summed E-state index contributed by atoms with van der Waals surface area (Å²) in [6.07, 6.45) is 2.32. The predicted octanol–water partition coefficient (Wildman–Crippen LogP) is 0.330. The zero-order chi connectivity index (χ0) is 19.8. The number of hydrogen-bond donors (Lipinski definition) is 3. The van der Waals surface area contributed by atoms with Crippen molar-refractivity contribution in [3.05, 3.63) is 63.1 Å². The van der Waals surface area contributed by atoms with Crippen LogP contribution < -0.4 is 11.2 Å². The second kappa shape index (κ2) is 7.06. The van der Waals surface area contributed by atoms with Gasteiger partial charge in [-0.3, -0.25) is 14.3 Å². The Labute approximate surface area is 158 Å². The average molecular weight is 385 g/mol. The lowest BCUT2D eigenvalue weighted by Gasteiger charge is -2.15. The summed E-state index contributed by atoms with van der Waals surface area (Å²) in [5.41, 5.74) is 0.776. The Morgan fingerprint density at radius 1 is 1.25 bits per heavy atom. The van der Waals surface area contributed by atoms with Crippen molar-refractivity contribution in [3.63, 3.8) is 0 Å². The van der Waals surface area contributed by atoms with Crippen LogP contribution in [0.2, 0.25) is 0 Å². The van der Waals surface area contributed by atoms with Gasteiger partial charge < -0.3 is 14.9 Å². The van der Waals surface area contributed by atoms with Gasteiger partial charge in [-0.1, -0.05) is 5.21 Å². The van der Waals surface area contributed by atoms with E-state index in [1.165, 1.54) is 10.8 Å². The van der Waals surface area contributed by atoms with E-state index in [0.717, 1.165) is 5.56 Å². The molecule has 28 heavy (non-hydrogen) atoms. The first-order valence-corrected chi connectivity index (χ1v) is 8.76. The molecule has 0 spiro atoms. The monoisotopic (exact) mass is 385 g/mol. The number of aromatic nitrogens is 5. The van der Waals surface area contributed by atoms with Crippen LogP contribution in [0, 0.1) is 6.92 Å². The summed E-state index contributed by atoms with van der Waals surface area (Å²) in [5.74, 6) is 0.158. The molecule has 4 rings (SSSR count). The predicted molar refractivity (Wildman–Crippen MR) is 97.8 cm³/mol. The van der Waals surface area contributed by atoms with E-state index in [1.807, 2.05) is 0 Å². The first-order valence-electron chi connectivity index (χ1n) is 8.76. The largest absolute Gasteiger partial charge is 0.508 e. The minimum atomic E-state index is -0.647. The van der Waals surface area contributed by atoms with Gasteiger partial charge in [0, 0.05) is 23.7 Å². The number of H-pyrrole nitrogens is 1. The van der Waals surface area contributed by atoms with Crippen LogP contribution in [0.5, 0.6) is 5.75 Å². The Morgan fingerprint density at radius 2 is 2.00 bits per heavy atom. The lowest BCUT2D eigenvalue weighted by Crippen LogP contribution is -2.33. The van der Waals surface area contributed by atoms with E-state index in [4.69, 9.17) is 4.74 Å². The number of phenolic OH excluding ortho intramolecular Hbond substituents is 1. The normalized spacial score (nSPS) is 21.9. The number of aromatic amines is 1. The fourth-order valence-corrected chi connectivity index (χ4v) is 3.33. The number of nitrogens with one attached hydrogen (secondary N) is 1. The SMILES string of the molecule is Cc1cn([C@H]2C[C@H](n3cc(-c4ccc(O)cc4)nn3)[C@@H](CO)O2)c(=O)[nH]c1=O. The molecule has 0 saturated carbocycles. The van der Waals surface area contributed by atoms with Crippen LogP contribution >= 0.6 is 0 Å². The van der Waals surface area contributed by atoms with E-state index in [2.05, 4.69) is 15.3 Å². The number of nitrogens with zero attached hydrogens (tertiary/aromatic N) is 4. The van der Waals surface area contributed by atoms with Crippen LogP contribution in [-0.4, -0.2) is 47.5 Å². The van der Waals surface area contributed by atoms with Gasteiger partial charge in [-0.15, -0.1) is 5.10 Å². The van der Waals surface area contributed by atoms with Crippen LogP contribution in [0.1, 0.15) is 24.3 Å². The molecule has 10 heteroatoms. The van der Waals surface area contributed by atoms with Crippen LogP contribution in [0.4, 0.5) is 0 Å². The summed E-state index contributed by atoms with van der Waals surface area (Å²) in [7, 11) is 0. The minimum absolute atomic E-state index is 0.158. The molecule has 3 aromatic rings. The van der Waals surface area contributed by atoms with Crippen molar-refractivity contribution in [2.75, 3.05) is 6.61 Å². The molecule has 0 bridgehead atoms. The molecule has 1 aliphatic rings. The van der Waals surface area contributed by atoms with Gasteiger partial charge in [-0.05, 0) is 31.2 Å². The Hall–Kier alpha value is -3.24. The summed E-state index contributed by atoms with van der Waals surface area (Å²) in [5, 5.41) is 27.4. The van der Waals surface area contributed by atoms with Gasteiger partial charge in [-0.2, -0.15) is 0 Å². The van der Waals surface area contributed by atoms with Crippen LogP contribution in [0.15, 0.2) is 46.2 Å². The number of benzene rings is 1. The van der Waals surface area contributed by atoms with Crippen molar-refractivity contribution in [2.24, 2.45) is 0 Å². The van der Waals surface area contributed by atoms with E-state index < -0.39 is 23.6 Å². The lowest BCUT2D eigenvalue weighted by molar-refractivity contribution is -0.0323. The van der Waals surface area contributed by atoms with E-state index in [0.29, 0.717) is 17.7 Å². The number of hydrogen-bond acceptors (Lipinski definition) is 7. The fraction of sp³-hybridized carbons (Fsp3) is 0.333. The van der Waals surface area contributed by atoms with E-state index >= 15 is 0 Å². The molecule has 0 amide bonds. The highest BCUT2D eigenvalue weighted by atomic mass is 16.5. The van der Waals surface area contributed by atoms with Crippen molar-refractivity contribution in [1.82, 2.24) is 24.5 Å². The van der Waals surface area contributed by atoms with Crippen molar-refractivity contribution in [2.45, 2.75) is 31.7 Å². The quantitative estimate of drug-likeness (QED) is 0.589. The molecule has 1 saturated heterocycles. The van der Waals surface area contributed by atoms with Gasteiger partial charge in [0.2, 0.25) is 0 Å². The highest BCUT2D eigenvalue weighted by molar-refractivity contribution is 5.58. The maximum atomic E-state index is 12.1. The average Bonchev–Trinajstić information content (AvgIpc) is 3.32. The van der Waals surface area contributed by atoms with Crippen LogP contribution in [0.3, 0.4) is 0 Å². The molecule has 1 aromatic carbocycles. The number of rotatable bonds is 4. The number of aliphatic hydroxyl groups is 1. The Morgan fingerprint density at radius 3 is 2.71 bits per heavy atom. The smallest absolute Gasteiger partial charge is 0.330 e. The number of aliphatic hydroxyl groups excluding tert-OH is 1. The standard InChI is InChI=1S/C18H19N5O5/c1-10-7-22(18(27)19-17(10)26)16-6-14(15(9-24)28-16)23-8-13(20-21-23)11-2-4-12(25)5-3-11/h2-5,7-8,14-16,24-25H,6,9H2,1H3,(H,19,26,27)/t14-,15+,16+/m0/s1. The van der Waals surface area contributed by atoms with Gasteiger partial charge in [0.15, 0.2) is 0 Å². The Balaban J connectivity index is 1.62. The maximum absolute atomic E-state index is 12.1. The zero-order valence-corrected chi connectivity index (χ0v) is 15.0. The number of ether oxygens (including phenoxy) is 1. The first-order chi connectivity index (χ1) is 13.5. The number of aryl methyl sites for hydroxylation is 1. The van der Waals surface area contributed by atoms with Crippen LogP contribution in [-0.2, 0) is 4.74 Å². The lowest BCUT2D eigenvalue weighted by atomic mass is 10.1. The zero-order valence-electron chi connectivity index (χ0n) is 15.0. The molecule has 0 unspecified atom stereocenters. The van der Waals surface area contributed by atoms with Crippen molar-refractivity contribution >= 4 is 0 Å². The third-order valence-electron chi connectivity index (χ3n) is 4.85. The Bertz CT molecular complexity index is 1100. The highest BCUT2D eigenvalue weighted by Gasteiger charge is 2.38. The van der Waals surface area contributed by atoms with E-state index in [-0.39, 0.29) is 18.4 Å². The fourth-order valence-electron chi connectivity index (χ4n) is 3.33. The Kier molecular flexibility index (Phi) is 4.57. The molecule has 2 aromatic heterocycles. The maximum Gasteiger partial charge on any atom is 0.330 e. The van der Waals surface area contributed by atoms with Gasteiger partial charge in [0.25, 0.3) is 5.56 Å². The van der Waals surface area contributed by atoms with Crippen molar-refractivity contribution < 1.29 is 14.9 Å². The molecular formula is C18H19N5O5. The minimum Gasteiger partial charge on any atom is -0.508 e. The molecule has 3 N–H and O–H groups in total. The second-order valence-electron chi connectivity index (χ2n) is 6.72. The van der Waals surface area contributed by atoms with Crippen molar-refractivity contribution in [1.29, 1.82) is 0 Å². The van der Waals surface area contributed by atoms with Gasteiger partial charge in [0.05, 0.1) is 18.8 Å². The molecular weight excluding hydrogens is 366 g/mol. The molecule has 0 radical (unpaired) electrons. The highest BCUT2D eigenvalue weighted by Crippen LogP contribution is 2.36. The van der Waals surface area contributed by atoms with Crippen LogP contribution in [0.25, 0.3) is 11.3 Å². The van der Waals surface area contributed by atoms with E-state index in [1.54, 1.807) is 42.1 Å². The number of phenols is 1. The molecule has 0 aliphatic carbocycles. The van der Waals surface area contributed by atoms with Gasteiger partial charge in [-0.25, -0.2) is 9.48 Å². The number of aromatic hydroxyl groups is 1. The second-order valence-corrected chi connectivity index (χ2v) is 6.72. The summed E-state index contributed by atoms with van der Waals surface area (Å²) >= 11 is 0. The van der Waals surface area contributed by atoms with E-state index in [9.17, 15) is 19.8 Å². The molecule has 10 nitrogen and oxygen atoms in total. The molecule has 3 heterocycles. The molecule has 146 valence electrons. The molecule has 1 fully saturated rings. The topological polar surface area (TPSA) is 135 Å². The first kappa shape index (κ1) is 18.1. The molecule has 1 aliphatic heterocycles. The van der Waals surface area contributed by atoms with Crippen molar-refractivity contribution in [3.8, 4) is 17.0 Å².